The third-order valence-corrected chi connectivity index (χ3v) is 0.682. The van der Waals surface area contributed by atoms with Crippen LogP contribution in [-0.2, 0) is 0 Å². The van der Waals surface area contributed by atoms with Crippen LogP contribution in [0.5, 0.6) is 0 Å². The van der Waals surface area contributed by atoms with E-state index in [1.807, 2.05) is 60.6 Å². The average Bonchev–Trinajstić information content (AvgIpc) is 2.24. The van der Waals surface area contributed by atoms with Crippen LogP contribution in [0, 0.1) is 0 Å². The second kappa shape index (κ2) is 43.0. The van der Waals surface area contributed by atoms with Gasteiger partial charge < -0.3 is 0 Å². The number of hydrogen-bond donors (Lipinski definition) is 0. The van der Waals surface area contributed by atoms with Crippen molar-refractivity contribution in [2.45, 2.75) is 48.5 Å². The predicted molar refractivity (Wildman–Crippen MR) is 68.2 cm³/mol. The Morgan fingerprint density at radius 2 is 1.08 bits per heavy atom. The molecule has 0 fully saturated rings. The number of allylic oxidation sites excluding steroid dienone is 4. The van der Waals surface area contributed by atoms with E-state index >= 15 is 0 Å². The molecule has 0 saturated heterocycles. The fraction of sp³-hybridized carbons (Fsp3) is 0.538. The molecule has 0 saturated carbocycles. The summed E-state index contributed by atoms with van der Waals surface area (Å²) in [5, 5.41) is 0. The van der Waals surface area contributed by atoms with Crippen molar-refractivity contribution < 1.29 is 0 Å². The van der Waals surface area contributed by atoms with E-state index in [1.165, 1.54) is 0 Å². The first-order chi connectivity index (χ1) is 6.18. The predicted octanol–water partition coefficient (Wildman–Crippen LogP) is 5.38. The molecule has 0 nitrogen and oxygen atoms in total. The standard InChI is InChI=1S/C5H8.C4H8.2C2H6/c1-4-5(2)3;1-3-4-2;2*1-2/h4H,1-2H2,3H3;3-4H,1-2H3;2*1-2H3/b;4-3-;;. The molecule has 0 spiro atoms. The van der Waals surface area contributed by atoms with Crippen molar-refractivity contribution in [3.8, 4) is 0 Å². The maximum Gasteiger partial charge on any atom is -0.0404 e. The van der Waals surface area contributed by atoms with Gasteiger partial charge in [0.2, 0.25) is 0 Å². The molecule has 0 amide bonds. The molecule has 80 valence electrons. The molecule has 0 aliphatic heterocycles. The van der Waals surface area contributed by atoms with E-state index in [2.05, 4.69) is 13.2 Å². The molecule has 0 heterocycles. The summed E-state index contributed by atoms with van der Waals surface area (Å²) in [6.07, 6.45) is 5.72. The SMILES string of the molecule is C/C=C\C.C=CC(=C)C.CC.CC. The van der Waals surface area contributed by atoms with Crippen molar-refractivity contribution in [1.82, 2.24) is 0 Å². The molecule has 0 aliphatic carbocycles. The lowest BCUT2D eigenvalue weighted by Crippen LogP contribution is -1.50. The van der Waals surface area contributed by atoms with Gasteiger partial charge in [0.1, 0.15) is 0 Å². The van der Waals surface area contributed by atoms with Gasteiger partial charge in [-0.2, -0.15) is 0 Å². The first-order valence-electron chi connectivity index (χ1n) is 5.04. The van der Waals surface area contributed by atoms with E-state index in [0.29, 0.717) is 0 Å². The highest BCUT2D eigenvalue weighted by Crippen LogP contribution is 1.81. The summed E-state index contributed by atoms with van der Waals surface area (Å²) in [6, 6.07) is 0. The lowest BCUT2D eigenvalue weighted by atomic mass is 10.4. The number of rotatable bonds is 1. The van der Waals surface area contributed by atoms with E-state index in [0.717, 1.165) is 5.57 Å². The van der Waals surface area contributed by atoms with Crippen molar-refractivity contribution >= 4 is 0 Å². The Kier molecular flexibility index (Phi) is 75.3. The molecule has 13 heavy (non-hydrogen) atoms. The molecule has 0 bridgehead atoms. The molecule has 0 aromatic carbocycles. The van der Waals surface area contributed by atoms with Crippen LogP contribution in [0.25, 0.3) is 0 Å². The largest absolute Gasteiger partial charge is 0.0988 e. The Morgan fingerprint density at radius 3 is 1.08 bits per heavy atom. The lowest BCUT2D eigenvalue weighted by Gasteiger charge is -1.71. The second-order valence-corrected chi connectivity index (χ2v) is 1.72. The summed E-state index contributed by atoms with van der Waals surface area (Å²) < 4.78 is 0. The maximum atomic E-state index is 3.56. The van der Waals surface area contributed by atoms with Gasteiger partial charge in [0.05, 0.1) is 0 Å². The summed E-state index contributed by atoms with van der Waals surface area (Å²) in [6.45, 7) is 20.9. The van der Waals surface area contributed by atoms with Crippen LogP contribution in [0.1, 0.15) is 48.5 Å². The van der Waals surface area contributed by atoms with Gasteiger partial charge in [0, 0.05) is 0 Å². The van der Waals surface area contributed by atoms with Gasteiger partial charge >= 0.3 is 0 Å². The number of hydrogen-bond acceptors (Lipinski definition) is 0. The average molecular weight is 184 g/mol. The van der Waals surface area contributed by atoms with E-state index in [9.17, 15) is 0 Å². The normalized spacial score (nSPS) is 6.38. The Labute approximate surface area is 86.1 Å². The summed E-state index contributed by atoms with van der Waals surface area (Å²) >= 11 is 0. The molecule has 0 N–H and O–H groups in total. The Bertz CT molecular complexity index is 92.6. The Hall–Kier alpha value is -0.780. The van der Waals surface area contributed by atoms with Crippen molar-refractivity contribution in [1.29, 1.82) is 0 Å². The van der Waals surface area contributed by atoms with Crippen LogP contribution in [0.3, 0.4) is 0 Å². The summed E-state index contributed by atoms with van der Waals surface area (Å²) in [5.74, 6) is 0. The molecule has 0 unspecified atom stereocenters. The van der Waals surface area contributed by atoms with Crippen molar-refractivity contribution in [3.63, 3.8) is 0 Å². The van der Waals surface area contributed by atoms with Crippen LogP contribution < -0.4 is 0 Å². The van der Waals surface area contributed by atoms with Gasteiger partial charge in [0.25, 0.3) is 0 Å². The molecule has 0 atom stereocenters. The Balaban J connectivity index is -0.0000000457. The molecule has 0 heteroatoms. The zero-order valence-corrected chi connectivity index (χ0v) is 10.6. The minimum Gasteiger partial charge on any atom is -0.0988 e. The first kappa shape index (κ1) is 22.8. The summed E-state index contributed by atoms with van der Waals surface area (Å²) in [5.41, 5.74) is 1.02. The fourth-order valence-corrected chi connectivity index (χ4v) is 0. The highest BCUT2D eigenvalue weighted by molar-refractivity contribution is 5.05. The van der Waals surface area contributed by atoms with Gasteiger partial charge in [-0.3, -0.25) is 0 Å². The minimum absolute atomic E-state index is 1.02. The van der Waals surface area contributed by atoms with Crippen molar-refractivity contribution in [2.24, 2.45) is 0 Å². The minimum atomic E-state index is 1.02. The molecular formula is C13H28. The zero-order valence-electron chi connectivity index (χ0n) is 10.6. The van der Waals surface area contributed by atoms with E-state index in [4.69, 9.17) is 0 Å². The van der Waals surface area contributed by atoms with Crippen LogP contribution in [0.2, 0.25) is 0 Å². The van der Waals surface area contributed by atoms with Crippen LogP contribution in [0.4, 0.5) is 0 Å². The quantitative estimate of drug-likeness (QED) is 0.379. The molecule has 0 radical (unpaired) electrons. The van der Waals surface area contributed by atoms with Crippen LogP contribution in [-0.4, -0.2) is 0 Å². The lowest BCUT2D eigenvalue weighted by molar-refractivity contribution is 1.50. The topological polar surface area (TPSA) is 0 Å². The molecule has 0 rings (SSSR count). The van der Waals surface area contributed by atoms with E-state index < -0.39 is 0 Å². The molecular weight excluding hydrogens is 156 g/mol. The third-order valence-electron chi connectivity index (χ3n) is 0.682. The van der Waals surface area contributed by atoms with Crippen molar-refractivity contribution in [3.05, 3.63) is 37.0 Å². The molecule has 0 aliphatic rings. The smallest absolute Gasteiger partial charge is 0.0404 e. The van der Waals surface area contributed by atoms with Gasteiger partial charge in [-0.25, -0.2) is 0 Å². The van der Waals surface area contributed by atoms with Gasteiger partial charge in [-0.1, -0.05) is 64.7 Å². The Morgan fingerprint density at radius 1 is 0.923 bits per heavy atom. The van der Waals surface area contributed by atoms with Gasteiger partial charge in [-0.05, 0) is 20.8 Å². The van der Waals surface area contributed by atoms with Crippen molar-refractivity contribution in [2.75, 3.05) is 0 Å². The van der Waals surface area contributed by atoms with Crippen LogP contribution >= 0.6 is 0 Å². The highest BCUT2D eigenvalue weighted by atomic mass is 13.7. The summed E-state index contributed by atoms with van der Waals surface area (Å²) in [4.78, 5) is 0. The highest BCUT2D eigenvalue weighted by Gasteiger charge is 1.59. The van der Waals surface area contributed by atoms with Gasteiger partial charge in [-0.15, -0.1) is 0 Å². The van der Waals surface area contributed by atoms with E-state index in [1.54, 1.807) is 6.08 Å². The maximum absolute atomic E-state index is 3.56. The third kappa shape index (κ3) is 194. The molecule has 0 aromatic heterocycles. The summed E-state index contributed by atoms with van der Waals surface area (Å²) in [7, 11) is 0. The van der Waals surface area contributed by atoms with Crippen LogP contribution in [0.15, 0.2) is 37.0 Å². The fourth-order valence-electron chi connectivity index (χ4n) is 0. The van der Waals surface area contributed by atoms with E-state index in [-0.39, 0.29) is 0 Å². The first-order valence-corrected chi connectivity index (χ1v) is 5.04. The second-order valence-electron chi connectivity index (χ2n) is 1.72. The molecule has 0 aromatic rings. The zero-order chi connectivity index (χ0) is 11.7. The van der Waals surface area contributed by atoms with Gasteiger partial charge in [0.15, 0.2) is 0 Å². The monoisotopic (exact) mass is 184 g/mol.